The third-order valence-electron chi connectivity index (χ3n) is 5.67. The van der Waals surface area contributed by atoms with Crippen molar-refractivity contribution in [1.29, 1.82) is 0 Å². The average molecular weight is 380 g/mol. The van der Waals surface area contributed by atoms with E-state index in [0.29, 0.717) is 18.7 Å². The minimum absolute atomic E-state index is 0.0321. The Labute approximate surface area is 156 Å². The Morgan fingerprint density at radius 2 is 1.88 bits per heavy atom. The molecule has 2 aliphatic rings. The van der Waals surface area contributed by atoms with Gasteiger partial charge in [0.25, 0.3) is 5.91 Å². The third-order valence-corrected chi connectivity index (χ3v) is 7.72. The number of benzene rings is 1. The maximum absolute atomic E-state index is 13.3. The number of nitrogens with one attached hydrogen (secondary N) is 1. The van der Waals surface area contributed by atoms with Crippen LogP contribution in [0, 0.1) is 6.92 Å². The van der Waals surface area contributed by atoms with E-state index in [0.717, 1.165) is 37.9 Å². The number of nitrogens with zero attached hydrogens (tertiary/aromatic N) is 2. The Hall–Kier alpha value is -1.44. The molecule has 3 rings (SSSR count). The summed E-state index contributed by atoms with van der Waals surface area (Å²) in [5, 5.41) is 3.40. The Bertz CT molecular complexity index is 760. The van der Waals surface area contributed by atoms with E-state index in [2.05, 4.69) is 5.32 Å². The first-order valence-corrected chi connectivity index (χ1v) is 11.0. The van der Waals surface area contributed by atoms with Gasteiger partial charge in [-0.2, -0.15) is 4.31 Å². The molecule has 1 aromatic rings. The molecule has 2 unspecified atom stereocenters. The molecule has 144 valence electrons. The summed E-state index contributed by atoms with van der Waals surface area (Å²) in [5.41, 5.74) is 1.34. The number of sulfonamides is 1. The van der Waals surface area contributed by atoms with Crippen molar-refractivity contribution >= 4 is 15.9 Å². The zero-order valence-corrected chi connectivity index (χ0v) is 16.7. The number of carbonyl (C=O) groups is 1. The molecule has 1 N–H and O–H groups in total. The lowest BCUT2D eigenvalue weighted by Gasteiger charge is -2.29. The van der Waals surface area contributed by atoms with Crippen molar-refractivity contribution in [1.82, 2.24) is 14.5 Å². The zero-order chi connectivity index (χ0) is 18.9. The van der Waals surface area contributed by atoms with E-state index in [-0.39, 0.29) is 22.9 Å². The second-order valence-corrected chi connectivity index (χ2v) is 9.09. The standard InChI is InChI=1S/C19H29N3O3S/c1-4-21(5-2)26(24,25)17-9-6-14(3)18(12-17)19(23)22-15-7-8-16(22)13-20-11-10-15/h6,9,12,15-16,20H,4-5,7-8,10-11,13H2,1-3H3. The van der Waals surface area contributed by atoms with Crippen LogP contribution < -0.4 is 5.32 Å². The topological polar surface area (TPSA) is 69.7 Å². The molecule has 0 aromatic heterocycles. The highest BCUT2D eigenvalue weighted by Gasteiger charge is 2.39. The summed E-state index contributed by atoms with van der Waals surface area (Å²) in [6.07, 6.45) is 3.01. The summed E-state index contributed by atoms with van der Waals surface area (Å²) in [6, 6.07) is 5.39. The predicted molar refractivity (Wildman–Crippen MR) is 102 cm³/mol. The molecular weight excluding hydrogens is 350 g/mol. The second-order valence-electron chi connectivity index (χ2n) is 7.16. The van der Waals surface area contributed by atoms with Crippen LogP contribution in [-0.4, -0.2) is 61.8 Å². The molecule has 2 heterocycles. The van der Waals surface area contributed by atoms with Crippen molar-refractivity contribution in [3.8, 4) is 0 Å². The van der Waals surface area contributed by atoms with Gasteiger partial charge in [0.1, 0.15) is 0 Å². The van der Waals surface area contributed by atoms with E-state index in [9.17, 15) is 13.2 Å². The Morgan fingerprint density at radius 3 is 2.58 bits per heavy atom. The Kier molecular flexibility index (Phi) is 5.69. The molecule has 0 spiro atoms. The summed E-state index contributed by atoms with van der Waals surface area (Å²) >= 11 is 0. The molecule has 7 heteroatoms. The molecule has 26 heavy (non-hydrogen) atoms. The van der Waals surface area contributed by atoms with E-state index in [1.54, 1.807) is 18.2 Å². The molecule has 0 radical (unpaired) electrons. The van der Waals surface area contributed by atoms with Gasteiger partial charge in [0.15, 0.2) is 0 Å². The normalized spacial score (nSPS) is 23.3. The van der Waals surface area contributed by atoms with Crippen LogP contribution in [0.5, 0.6) is 0 Å². The number of amides is 1. The van der Waals surface area contributed by atoms with Crippen molar-refractivity contribution in [2.24, 2.45) is 0 Å². The van der Waals surface area contributed by atoms with Gasteiger partial charge in [-0.15, -0.1) is 0 Å². The maximum Gasteiger partial charge on any atom is 0.254 e. The van der Waals surface area contributed by atoms with Gasteiger partial charge >= 0.3 is 0 Å². The maximum atomic E-state index is 13.3. The number of hydrogen-bond donors (Lipinski definition) is 1. The van der Waals surface area contributed by atoms with Crippen molar-refractivity contribution in [3.63, 3.8) is 0 Å². The van der Waals surface area contributed by atoms with Crippen molar-refractivity contribution < 1.29 is 13.2 Å². The fourth-order valence-electron chi connectivity index (χ4n) is 4.16. The number of carbonyl (C=O) groups excluding carboxylic acids is 1. The number of hydrogen-bond acceptors (Lipinski definition) is 4. The van der Waals surface area contributed by atoms with Crippen LogP contribution in [0.15, 0.2) is 23.1 Å². The van der Waals surface area contributed by atoms with E-state index in [1.165, 1.54) is 4.31 Å². The van der Waals surface area contributed by atoms with Crippen LogP contribution in [0.2, 0.25) is 0 Å². The number of aryl methyl sites for hydroxylation is 1. The van der Waals surface area contributed by atoms with Crippen LogP contribution in [0.1, 0.15) is 49.0 Å². The minimum atomic E-state index is -3.57. The van der Waals surface area contributed by atoms with E-state index < -0.39 is 10.0 Å². The first-order chi connectivity index (χ1) is 12.4. The SMILES string of the molecule is CCN(CC)S(=O)(=O)c1ccc(C)c(C(=O)N2C3CCNCC2CC3)c1. The van der Waals surface area contributed by atoms with Gasteiger partial charge < -0.3 is 10.2 Å². The summed E-state index contributed by atoms with van der Waals surface area (Å²) in [5.74, 6) is -0.0321. The Morgan fingerprint density at radius 1 is 1.19 bits per heavy atom. The second kappa shape index (κ2) is 7.66. The molecule has 2 fully saturated rings. The highest BCUT2D eigenvalue weighted by molar-refractivity contribution is 7.89. The molecule has 2 bridgehead atoms. The molecule has 2 atom stereocenters. The summed E-state index contributed by atoms with van der Waals surface area (Å²) < 4.78 is 27.1. The lowest BCUT2D eigenvalue weighted by Crippen LogP contribution is -2.42. The molecule has 2 aliphatic heterocycles. The molecule has 2 saturated heterocycles. The van der Waals surface area contributed by atoms with Crippen LogP contribution in [0.3, 0.4) is 0 Å². The van der Waals surface area contributed by atoms with Crippen LogP contribution in [0.4, 0.5) is 0 Å². The van der Waals surface area contributed by atoms with Gasteiger partial charge in [-0.25, -0.2) is 8.42 Å². The van der Waals surface area contributed by atoms with Crippen LogP contribution in [-0.2, 0) is 10.0 Å². The van der Waals surface area contributed by atoms with Gasteiger partial charge in [-0.1, -0.05) is 19.9 Å². The van der Waals surface area contributed by atoms with Crippen molar-refractivity contribution in [2.75, 3.05) is 26.2 Å². The first-order valence-electron chi connectivity index (χ1n) is 9.54. The summed E-state index contributed by atoms with van der Waals surface area (Å²) in [4.78, 5) is 15.5. The summed E-state index contributed by atoms with van der Waals surface area (Å²) in [7, 11) is -3.57. The van der Waals surface area contributed by atoms with E-state index >= 15 is 0 Å². The van der Waals surface area contributed by atoms with Gasteiger partial charge in [0.05, 0.1) is 4.90 Å². The van der Waals surface area contributed by atoms with E-state index in [4.69, 9.17) is 0 Å². The average Bonchev–Trinajstić information content (AvgIpc) is 2.88. The van der Waals surface area contributed by atoms with Crippen LogP contribution in [0.25, 0.3) is 0 Å². The predicted octanol–water partition coefficient (Wildman–Crippen LogP) is 1.99. The molecule has 1 amide bonds. The van der Waals surface area contributed by atoms with Gasteiger partial charge in [-0.3, -0.25) is 4.79 Å². The monoisotopic (exact) mass is 379 g/mol. The number of fused-ring (bicyclic) bond motifs is 2. The largest absolute Gasteiger partial charge is 0.331 e. The Balaban J connectivity index is 1.97. The van der Waals surface area contributed by atoms with Crippen molar-refractivity contribution in [2.45, 2.75) is 57.0 Å². The van der Waals surface area contributed by atoms with Crippen molar-refractivity contribution in [3.05, 3.63) is 29.3 Å². The third kappa shape index (κ3) is 3.40. The fourth-order valence-corrected chi connectivity index (χ4v) is 5.64. The molecule has 0 saturated carbocycles. The van der Waals surface area contributed by atoms with Gasteiger partial charge in [-0.05, 0) is 50.4 Å². The molecule has 1 aromatic carbocycles. The lowest BCUT2D eigenvalue weighted by atomic mass is 10.1. The first kappa shape index (κ1) is 19.3. The molecule has 0 aliphatic carbocycles. The van der Waals surface area contributed by atoms with E-state index in [1.807, 2.05) is 25.7 Å². The van der Waals surface area contributed by atoms with Gasteiger partial charge in [0, 0.05) is 37.3 Å². The zero-order valence-electron chi connectivity index (χ0n) is 15.9. The number of rotatable bonds is 5. The smallest absolute Gasteiger partial charge is 0.254 e. The minimum Gasteiger partial charge on any atom is -0.331 e. The molecule has 6 nitrogen and oxygen atoms in total. The summed E-state index contributed by atoms with van der Waals surface area (Å²) in [6.45, 7) is 8.10. The van der Waals surface area contributed by atoms with Crippen LogP contribution >= 0.6 is 0 Å². The fraction of sp³-hybridized carbons (Fsp3) is 0.632. The quantitative estimate of drug-likeness (QED) is 0.849. The highest BCUT2D eigenvalue weighted by Crippen LogP contribution is 2.31. The lowest BCUT2D eigenvalue weighted by molar-refractivity contribution is 0.0679. The van der Waals surface area contributed by atoms with Gasteiger partial charge in [0.2, 0.25) is 10.0 Å². The highest BCUT2D eigenvalue weighted by atomic mass is 32.2. The molecular formula is C19H29N3O3S.